The van der Waals surface area contributed by atoms with E-state index in [1.54, 1.807) is 19.3 Å². The van der Waals surface area contributed by atoms with Gasteiger partial charge in [-0.15, -0.1) is 11.3 Å². The number of hydrogen-bond donors (Lipinski definition) is 4. The minimum Gasteiger partial charge on any atom is -0.386 e. The van der Waals surface area contributed by atoms with Gasteiger partial charge in [-0.25, -0.2) is 0 Å². The van der Waals surface area contributed by atoms with E-state index < -0.39 is 6.10 Å². The summed E-state index contributed by atoms with van der Waals surface area (Å²) >= 11 is 7.23. The number of aliphatic imine (C=N–C) groups is 1. The Balaban J connectivity index is 1.81. The molecule has 21 heavy (non-hydrogen) atoms. The largest absolute Gasteiger partial charge is 0.386 e. The molecule has 0 aromatic carbocycles. The van der Waals surface area contributed by atoms with Crippen LogP contribution in [0, 0.1) is 6.92 Å². The minimum atomic E-state index is -0.614. The normalized spacial score (nSPS) is 13.2. The predicted octanol–water partition coefficient (Wildman–Crippen LogP) is 1.83. The van der Waals surface area contributed by atoms with Crippen LogP contribution in [0.25, 0.3) is 0 Å². The summed E-state index contributed by atoms with van der Waals surface area (Å²) in [5.74, 6) is 0.623. The van der Waals surface area contributed by atoms with Gasteiger partial charge in [0.2, 0.25) is 0 Å². The second-order valence-electron chi connectivity index (χ2n) is 4.48. The molecule has 4 N–H and O–H groups in total. The van der Waals surface area contributed by atoms with Gasteiger partial charge in [-0.05, 0) is 19.1 Å². The van der Waals surface area contributed by atoms with Crippen molar-refractivity contribution >= 4 is 28.9 Å². The van der Waals surface area contributed by atoms with Crippen molar-refractivity contribution in [2.24, 2.45) is 4.99 Å². The smallest absolute Gasteiger partial charge is 0.191 e. The Hall–Kier alpha value is -1.57. The summed E-state index contributed by atoms with van der Waals surface area (Å²) < 4.78 is 0.669. The number of rotatable bonds is 5. The van der Waals surface area contributed by atoms with Crippen molar-refractivity contribution in [1.82, 2.24) is 20.8 Å². The molecule has 0 aliphatic carbocycles. The molecule has 0 radical (unpaired) electrons. The maximum absolute atomic E-state index is 10.1. The highest BCUT2D eigenvalue weighted by Gasteiger charge is 2.11. The van der Waals surface area contributed by atoms with Gasteiger partial charge in [-0.3, -0.25) is 10.1 Å². The number of aromatic amines is 1. The van der Waals surface area contributed by atoms with Gasteiger partial charge in [0.05, 0.1) is 10.5 Å². The number of nitrogens with zero attached hydrogens (tertiary/aromatic N) is 2. The Morgan fingerprint density at radius 3 is 2.90 bits per heavy atom. The minimum absolute atomic E-state index is 0.362. The third-order valence-corrected chi connectivity index (χ3v) is 4.32. The zero-order chi connectivity index (χ0) is 15.2. The van der Waals surface area contributed by atoms with E-state index in [4.69, 9.17) is 11.6 Å². The average Bonchev–Trinajstić information content (AvgIpc) is 3.08. The van der Waals surface area contributed by atoms with Crippen LogP contribution >= 0.6 is 22.9 Å². The van der Waals surface area contributed by atoms with Crippen LogP contribution < -0.4 is 10.6 Å². The zero-order valence-electron chi connectivity index (χ0n) is 11.9. The van der Waals surface area contributed by atoms with Gasteiger partial charge in [0.1, 0.15) is 6.10 Å². The molecule has 0 amide bonds. The number of aliphatic hydroxyl groups is 1. The Morgan fingerprint density at radius 1 is 1.52 bits per heavy atom. The SMILES string of the molecule is CN=C(NCc1cn[nH]c1C)NCC(O)c1ccc(Cl)s1. The first-order chi connectivity index (χ1) is 10.1. The Labute approximate surface area is 132 Å². The molecule has 0 aliphatic rings. The maximum atomic E-state index is 10.1. The van der Waals surface area contributed by atoms with Crippen LogP contribution in [0.5, 0.6) is 0 Å². The van der Waals surface area contributed by atoms with Crippen LogP contribution in [0.3, 0.4) is 0 Å². The summed E-state index contributed by atoms with van der Waals surface area (Å²) in [7, 11) is 1.69. The van der Waals surface area contributed by atoms with Crippen molar-refractivity contribution in [3.63, 3.8) is 0 Å². The van der Waals surface area contributed by atoms with Crippen LogP contribution in [-0.4, -0.2) is 34.9 Å². The van der Waals surface area contributed by atoms with Crippen molar-refractivity contribution in [3.05, 3.63) is 38.8 Å². The first-order valence-electron chi connectivity index (χ1n) is 6.46. The van der Waals surface area contributed by atoms with Crippen molar-refractivity contribution < 1.29 is 5.11 Å². The summed E-state index contributed by atoms with van der Waals surface area (Å²) in [4.78, 5) is 4.95. The lowest BCUT2D eigenvalue weighted by atomic mass is 10.2. The molecule has 2 heterocycles. The van der Waals surface area contributed by atoms with E-state index in [2.05, 4.69) is 25.8 Å². The molecule has 0 aliphatic heterocycles. The van der Waals surface area contributed by atoms with E-state index in [1.807, 2.05) is 13.0 Å². The second-order valence-corrected chi connectivity index (χ2v) is 6.23. The predicted molar refractivity (Wildman–Crippen MR) is 85.8 cm³/mol. The number of aliphatic hydroxyl groups excluding tert-OH is 1. The van der Waals surface area contributed by atoms with E-state index >= 15 is 0 Å². The van der Waals surface area contributed by atoms with E-state index in [-0.39, 0.29) is 0 Å². The van der Waals surface area contributed by atoms with Crippen molar-refractivity contribution in [2.45, 2.75) is 19.6 Å². The molecular formula is C13H18ClN5OS. The fourth-order valence-electron chi connectivity index (χ4n) is 1.75. The monoisotopic (exact) mass is 327 g/mol. The third-order valence-electron chi connectivity index (χ3n) is 2.99. The average molecular weight is 328 g/mol. The van der Waals surface area contributed by atoms with Crippen molar-refractivity contribution in [3.8, 4) is 0 Å². The fourth-order valence-corrected chi connectivity index (χ4v) is 2.80. The number of guanidine groups is 1. The lowest BCUT2D eigenvalue weighted by Gasteiger charge is -2.14. The topological polar surface area (TPSA) is 85.3 Å². The standard InChI is InChI=1S/C13H18ClN5OS/c1-8-9(6-18-19-8)5-16-13(15-2)17-7-10(20)11-3-4-12(14)21-11/h3-4,6,10,20H,5,7H2,1-2H3,(H,18,19)(H2,15,16,17). The summed E-state index contributed by atoms with van der Waals surface area (Å²) in [5, 5.41) is 23.2. The number of halogens is 1. The molecule has 0 fully saturated rings. The molecule has 6 nitrogen and oxygen atoms in total. The van der Waals surface area contributed by atoms with E-state index in [9.17, 15) is 5.11 Å². The third kappa shape index (κ3) is 4.45. The van der Waals surface area contributed by atoms with Crippen molar-refractivity contribution in [1.29, 1.82) is 0 Å². The van der Waals surface area contributed by atoms with Gasteiger partial charge in [0.25, 0.3) is 0 Å². The molecule has 2 aromatic rings. The lowest BCUT2D eigenvalue weighted by Crippen LogP contribution is -2.38. The van der Waals surface area contributed by atoms with Crippen LogP contribution in [0.15, 0.2) is 23.3 Å². The molecular weight excluding hydrogens is 310 g/mol. The molecule has 2 rings (SSSR count). The molecule has 1 unspecified atom stereocenters. The van der Waals surface area contributed by atoms with Gasteiger partial charge in [-0.1, -0.05) is 11.6 Å². The summed E-state index contributed by atoms with van der Waals surface area (Å²) in [6.07, 6.45) is 1.16. The van der Waals surface area contributed by atoms with E-state index in [0.717, 1.165) is 16.1 Å². The highest BCUT2D eigenvalue weighted by atomic mass is 35.5. The van der Waals surface area contributed by atoms with Crippen LogP contribution in [0.1, 0.15) is 22.2 Å². The van der Waals surface area contributed by atoms with E-state index in [0.29, 0.717) is 23.4 Å². The number of nitrogens with one attached hydrogen (secondary N) is 3. The Morgan fingerprint density at radius 2 is 2.33 bits per heavy atom. The van der Waals surface area contributed by atoms with Crippen LogP contribution in [-0.2, 0) is 6.54 Å². The summed E-state index contributed by atoms with van der Waals surface area (Å²) in [6.45, 7) is 2.94. The quantitative estimate of drug-likeness (QED) is 0.498. The Kier molecular flexibility index (Phi) is 5.60. The van der Waals surface area contributed by atoms with Gasteiger partial charge >= 0.3 is 0 Å². The van der Waals surface area contributed by atoms with Gasteiger partial charge in [0.15, 0.2) is 5.96 Å². The molecule has 0 saturated heterocycles. The number of H-pyrrole nitrogens is 1. The van der Waals surface area contributed by atoms with Crippen LogP contribution in [0.4, 0.5) is 0 Å². The van der Waals surface area contributed by atoms with Crippen molar-refractivity contribution in [2.75, 3.05) is 13.6 Å². The lowest BCUT2D eigenvalue weighted by molar-refractivity contribution is 0.184. The number of hydrogen-bond acceptors (Lipinski definition) is 4. The molecule has 1 atom stereocenters. The van der Waals surface area contributed by atoms with Gasteiger partial charge < -0.3 is 15.7 Å². The summed E-state index contributed by atoms with van der Waals surface area (Å²) in [5.41, 5.74) is 2.09. The fraction of sp³-hybridized carbons (Fsp3) is 0.385. The van der Waals surface area contributed by atoms with Gasteiger partial charge in [0, 0.05) is 36.3 Å². The zero-order valence-corrected chi connectivity index (χ0v) is 13.4. The molecule has 114 valence electrons. The number of aryl methyl sites for hydroxylation is 1. The molecule has 2 aromatic heterocycles. The molecule has 0 spiro atoms. The maximum Gasteiger partial charge on any atom is 0.191 e. The highest BCUT2D eigenvalue weighted by molar-refractivity contribution is 7.16. The molecule has 8 heteroatoms. The summed E-state index contributed by atoms with van der Waals surface area (Å²) in [6, 6.07) is 3.60. The number of thiophene rings is 1. The molecule has 0 bridgehead atoms. The first-order valence-corrected chi connectivity index (χ1v) is 7.66. The van der Waals surface area contributed by atoms with Gasteiger partial charge in [-0.2, -0.15) is 5.10 Å². The van der Waals surface area contributed by atoms with Crippen LogP contribution in [0.2, 0.25) is 4.34 Å². The highest BCUT2D eigenvalue weighted by Crippen LogP contribution is 2.26. The molecule has 0 saturated carbocycles. The Bertz CT molecular complexity index is 609. The second kappa shape index (κ2) is 7.44. The number of aromatic nitrogens is 2. The first kappa shape index (κ1) is 15.8. The van der Waals surface area contributed by atoms with E-state index in [1.165, 1.54) is 11.3 Å².